The quantitative estimate of drug-likeness (QED) is 0.864. The molecule has 2 rings (SSSR count). The molecule has 0 unspecified atom stereocenters. The van der Waals surface area contributed by atoms with Crippen LogP contribution in [0, 0.1) is 0 Å². The molecule has 0 aliphatic carbocycles. The van der Waals surface area contributed by atoms with E-state index in [1.54, 1.807) is 0 Å². The molecule has 0 amide bonds. The van der Waals surface area contributed by atoms with Crippen LogP contribution in [0.3, 0.4) is 0 Å². The first-order valence-corrected chi connectivity index (χ1v) is 7.69. The maximum absolute atomic E-state index is 11.2. The van der Waals surface area contributed by atoms with Gasteiger partial charge in [-0.1, -0.05) is 18.2 Å². The van der Waals surface area contributed by atoms with Crippen molar-refractivity contribution >= 4 is 15.5 Å². The molecule has 1 aliphatic heterocycles. The van der Waals surface area contributed by atoms with E-state index in [0.29, 0.717) is 24.6 Å². The molecule has 17 heavy (non-hydrogen) atoms. The van der Waals surface area contributed by atoms with Crippen LogP contribution < -0.4 is 5.32 Å². The van der Waals surface area contributed by atoms with Crippen molar-refractivity contribution in [2.75, 3.05) is 43.0 Å². The van der Waals surface area contributed by atoms with E-state index in [1.807, 2.05) is 30.3 Å². The normalized spacial score (nSPS) is 20.0. The van der Waals surface area contributed by atoms with Gasteiger partial charge in [0, 0.05) is 31.9 Å². The minimum Gasteiger partial charge on any atom is -0.384 e. The average Bonchev–Trinajstić information content (AvgIpc) is 2.33. The van der Waals surface area contributed by atoms with Crippen LogP contribution in [0.25, 0.3) is 0 Å². The second kappa shape index (κ2) is 5.51. The first-order valence-electron chi connectivity index (χ1n) is 5.87. The summed E-state index contributed by atoms with van der Waals surface area (Å²) < 4.78 is 22.5. The molecular weight excluding hydrogens is 236 g/mol. The number of benzene rings is 1. The lowest BCUT2D eigenvalue weighted by Gasteiger charge is -2.26. The second-order valence-electron chi connectivity index (χ2n) is 4.29. The zero-order valence-electron chi connectivity index (χ0n) is 9.80. The summed E-state index contributed by atoms with van der Waals surface area (Å²) in [6, 6.07) is 10.0. The highest BCUT2D eigenvalue weighted by atomic mass is 32.2. The smallest absolute Gasteiger partial charge is 0.152 e. The van der Waals surface area contributed by atoms with Crippen LogP contribution in [0.4, 0.5) is 5.69 Å². The van der Waals surface area contributed by atoms with Crippen molar-refractivity contribution in [2.24, 2.45) is 0 Å². The zero-order valence-corrected chi connectivity index (χ0v) is 10.6. The van der Waals surface area contributed by atoms with Crippen LogP contribution in [-0.4, -0.2) is 51.0 Å². The molecule has 1 heterocycles. The van der Waals surface area contributed by atoms with Crippen LogP contribution in [0.5, 0.6) is 0 Å². The fraction of sp³-hybridized carbons (Fsp3) is 0.500. The van der Waals surface area contributed by atoms with Crippen molar-refractivity contribution in [2.45, 2.75) is 0 Å². The number of rotatable bonds is 4. The Bertz CT molecular complexity index is 431. The van der Waals surface area contributed by atoms with E-state index in [1.165, 1.54) is 0 Å². The summed E-state index contributed by atoms with van der Waals surface area (Å²) in [4.78, 5) is 2.19. The van der Waals surface area contributed by atoms with E-state index >= 15 is 0 Å². The van der Waals surface area contributed by atoms with E-state index in [2.05, 4.69) is 10.2 Å². The number of sulfone groups is 1. The molecule has 1 saturated heterocycles. The number of hydrogen-bond donors (Lipinski definition) is 1. The molecule has 1 N–H and O–H groups in total. The van der Waals surface area contributed by atoms with Gasteiger partial charge >= 0.3 is 0 Å². The molecule has 0 aromatic heterocycles. The molecule has 94 valence electrons. The van der Waals surface area contributed by atoms with Gasteiger partial charge in [-0.25, -0.2) is 8.42 Å². The summed E-state index contributed by atoms with van der Waals surface area (Å²) in [5, 5.41) is 3.32. The lowest BCUT2D eigenvalue weighted by Crippen LogP contribution is -2.42. The summed E-state index contributed by atoms with van der Waals surface area (Å²) in [5.41, 5.74) is 1.11. The van der Waals surface area contributed by atoms with E-state index in [9.17, 15) is 8.42 Å². The molecule has 0 saturated carbocycles. The van der Waals surface area contributed by atoms with Gasteiger partial charge in [-0.15, -0.1) is 0 Å². The lowest BCUT2D eigenvalue weighted by atomic mass is 10.3. The maximum atomic E-state index is 11.2. The van der Waals surface area contributed by atoms with Crippen molar-refractivity contribution in [1.82, 2.24) is 4.90 Å². The number of nitrogens with zero attached hydrogens (tertiary/aromatic N) is 1. The summed E-state index contributed by atoms with van der Waals surface area (Å²) >= 11 is 0. The molecular formula is C12H18N2O2S. The molecule has 1 aromatic rings. The molecule has 5 heteroatoms. The fourth-order valence-electron chi connectivity index (χ4n) is 1.89. The molecule has 0 atom stereocenters. The Kier molecular flexibility index (Phi) is 4.02. The highest BCUT2D eigenvalue weighted by molar-refractivity contribution is 7.91. The van der Waals surface area contributed by atoms with Gasteiger partial charge in [0.15, 0.2) is 9.84 Å². The molecule has 0 radical (unpaired) electrons. The Balaban J connectivity index is 1.70. The van der Waals surface area contributed by atoms with Gasteiger partial charge in [0.2, 0.25) is 0 Å². The highest BCUT2D eigenvalue weighted by Gasteiger charge is 2.20. The average molecular weight is 254 g/mol. The van der Waals surface area contributed by atoms with Crippen LogP contribution in [-0.2, 0) is 9.84 Å². The van der Waals surface area contributed by atoms with Crippen molar-refractivity contribution in [3.8, 4) is 0 Å². The van der Waals surface area contributed by atoms with Crippen LogP contribution >= 0.6 is 0 Å². The lowest BCUT2D eigenvalue weighted by molar-refractivity contribution is 0.307. The number of para-hydroxylation sites is 1. The second-order valence-corrected chi connectivity index (χ2v) is 6.59. The van der Waals surface area contributed by atoms with E-state index in [0.717, 1.165) is 18.8 Å². The maximum Gasteiger partial charge on any atom is 0.152 e. The van der Waals surface area contributed by atoms with Gasteiger partial charge in [0.1, 0.15) is 0 Å². The third kappa shape index (κ3) is 4.02. The van der Waals surface area contributed by atoms with Crippen molar-refractivity contribution in [3.05, 3.63) is 30.3 Å². The van der Waals surface area contributed by atoms with Crippen LogP contribution in [0.15, 0.2) is 30.3 Å². The predicted molar refractivity (Wildman–Crippen MR) is 70.0 cm³/mol. The monoisotopic (exact) mass is 254 g/mol. The standard InChI is InChI=1S/C12H18N2O2S/c15-17(16)10-8-14(9-11-17)7-6-13-12-4-2-1-3-5-12/h1-5,13H,6-11H2. The zero-order chi connectivity index (χ0) is 12.1. The van der Waals surface area contributed by atoms with Crippen molar-refractivity contribution < 1.29 is 8.42 Å². The first kappa shape index (κ1) is 12.4. The largest absolute Gasteiger partial charge is 0.384 e. The molecule has 0 bridgehead atoms. The summed E-state index contributed by atoms with van der Waals surface area (Å²) in [6.07, 6.45) is 0. The Morgan fingerprint density at radius 1 is 1.12 bits per heavy atom. The summed E-state index contributed by atoms with van der Waals surface area (Å²) in [6.45, 7) is 3.08. The Morgan fingerprint density at radius 2 is 1.76 bits per heavy atom. The van der Waals surface area contributed by atoms with E-state index in [4.69, 9.17) is 0 Å². The molecule has 0 spiro atoms. The van der Waals surface area contributed by atoms with Gasteiger partial charge in [-0.3, -0.25) is 4.90 Å². The van der Waals surface area contributed by atoms with Gasteiger partial charge in [0.25, 0.3) is 0 Å². The Hall–Kier alpha value is -1.07. The molecule has 4 nitrogen and oxygen atoms in total. The van der Waals surface area contributed by atoms with Gasteiger partial charge in [0.05, 0.1) is 11.5 Å². The predicted octanol–water partition coefficient (Wildman–Crippen LogP) is 0.829. The summed E-state index contributed by atoms with van der Waals surface area (Å²) in [5.74, 6) is 0.608. The molecule has 1 fully saturated rings. The van der Waals surface area contributed by atoms with Crippen LogP contribution in [0.1, 0.15) is 0 Å². The minimum atomic E-state index is -2.75. The van der Waals surface area contributed by atoms with E-state index < -0.39 is 9.84 Å². The number of nitrogens with one attached hydrogen (secondary N) is 1. The van der Waals surface area contributed by atoms with Gasteiger partial charge in [-0.2, -0.15) is 0 Å². The topological polar surface area (TPSA) is 49.4 Å². The Morgan fingerprint density at radius 3 is 2.41 bits per heavy atom. The number of hydrogen-bond acceptors (Lipinski definition) is 4. The molecule has 1 aliphatic rings. The van der Waals surface area contributed by atoms with Crippen LogP contribution in [0.2, 0.25) is 0 Å². The highest BCUT2D eigenvalue weighted by Crippen LogP contribution is 2.06. The van der Waals surface area contributed by atoms with Gasteiger partial charge in [-0.05, 0) is 12.1 Å². The SMILES string of the molecule is O=S1(=O)CCN(CCNc2ccccc2)CC1. The molecule has 1 aromatic carbocycles. The number of anilines is 1. The van der Waals surface area contributed by atoms with E-state index in [-0.39, 0.29) is 0 Å². The summed E-state index contributed by atoms with van der Waals surface area (Å²) in [7, 11) is -2.75. The Labute approximate surface area is 103 Å². The van der Waals surface area contributed by atoms with Crippen molar-refractivity contribution in [3.63, 3.8) is 0 Å². The minimum absolute atomic E-state index is 0.304. The third-order valence-corrected chi connectivity index (χ3v) is 4.58. The first-order chi connectivity index (χ1) is 8.16. The van der Waals surface area contributed by atoms with Gasteiger partial charge < -0.3 is 5.32 Å². The van der Waals surface area contributed by atoms with Crippen molar-refractivity contribution in [1.29, 1.82) is 0 Å². The third-order valence-electron chi connectivity index (χ3n) is 2.97. The fourth-order valence-corrected chi connectivity index (χ4v) is 3.17.